The van der Waals surface area contributed by atoms with Crippen LogP contribution in [-0.2, 0) is 6.54 Å². The lowest BCUT2D eigenvalue weighted by Gasteiger charge is -2.40. The third-order valence-corrected chi connectivity index (χ3v) is 6.02. The molecule has 4 nitrogen and oxygen atoms in total. The van der Waals surface area contributed by atoms with Crippen LogP contribution in [0.15, 0.2) is 40.3 Å². The van der Waals surface area contributed by atoms with Gasteiger partial charge in [0, 0.05) is 25.0 Å². The average molecular weight is 330 g/mol. The van der Waals surface area contributed by atoms with Crippen molar-refractivity contribution in [3.8, 4) is 0 Å². The maximum atomic E-state index is 12.6. The van der Waals surface area contributed by atoms with Crippen LogP contribution >= 0.6 is 11.3 Å². The summed E-state index contributed by atoms with van der Waals surface area (Å²) in [7, 11) is 0. The summed E-state index contributed by atoms with van der Waals surface area (Å²) in [6.45, 7) is 4.85. The lowest BCUT2D eigenvalue weighted by atomic mass is 9.79. The van der Waals surface area contributed by atoms with Gasteiger partial charge in [-0.15, -0.1) is 11.3 Å². The molecular formula is C18H22N2O2S. The van der Waals surface area contributed by atoms with Crippen LogP contribution in [0.3, 0.4) is 0 Å². The van der Waals surface area contributed by atoms with Crippen molar-refractivity contribution < 1.29 is 9.21 Å². The zero-order chi connectivity index (χ0) is 15.7. The topological polar surface area (TPSA) is 36.7 Å². The Morgan fingerprint density at radius 1 is 1.22 bits per heavy atom. The summed E-state index contributed by atoms with van der Waals surface area (Å²) in [5, 5.41) is 1.98. The van der Waals surface area contributed by atoms with Crippen LogP contribution < -0.4 is 0 Å². The number of carbonyl (C=O) groups excluding carboxylic acids is 1. The molecule has 2 fully saturated rings. The third-order valence-electron chi connectivity index (χ3n) is 5.16. The van der Waals surface area contributed by atoms with Crippen molar-refractivity contribution >= 4 is 17.2 Å². The second-order valence-corrected chi connectivity index (χ2v) is 7.80. The Morgan fingerprint density at radius 3 is 2.96 bits per heavy atom. The predicted molar refractivity (Wildman–Crippen MR) is 90.5 cm³/mol. The van der Waals surface area contributed by atoms with Crippen LogP contribution in [0.4, 0.5) is 0 Å². The molecule has 0 aromatic carbocycles. The molecule has 4 heterocycles. The molecule has 0 unspecified atom stereocenters. The fraction of sp³-hybridized carbons (Fsp3) is 0.500. The van der Waals surface area contributed by atoms with E-state index in [9.17, 15) is 4.79 Å². The van der Waals surface area contributed by atoms with Crippen molar-refractivity contribution in [2.24, 2.45) is 5.41 Å². The average Bonchev–Trinajstić information content (AvgIpc) is 3.30. The number of piperidine rings is 1. The van der Waals surface area contributed by atoms with E-state index < -0.39 is 0 Å². The zero-order valence-corrected chi connectivity index (χ0v) is 14.1. The maximum Gasteiger partial charge on any atom is 0.263 e. The van der Waals surface area contributed by atoms with Gasteiger partial charge in [-0.05, 0) is 49.4 Å². The SMILES string of the molecule is O=C(c1cccs1)N1CCC[C@]2(CCN(Cc3ccco3)C2)C1. The Kier molecular flexibility index (Phi) is 3.99. The third kappa shape index (κ3) is 3.08. The molecule has 0 aliphatic carbocycles. The molecule has 2 aromatic rings. The standard InChI is InChI=1S/C18H22N2O2S/c21-17(16-5-2-11-23-16)20-8-3-6-18(14-20)7-9-19(13-18)12-15-4-1-10-22-15/h1-2,4-5,10-11H,3,6-9,12-14H2/t18-/m1/s1. The van der Waals surface area contributed by atoms with Crippen LogP contribution in [0, 0.1) is 5.41 Å². The minimum atomic E-state index is 0.212. The maximum absolute atomic E-state index is 12.6. The van der Waals surface area contributed by atoms with Crippen molar-refractivity contribution in [1.29, 1.82) is 0 Å². The van der Waals surface area contributed by atoms with Gasteiger partial charge in [-0.25, -0.2) is 0 Å². The van der Waals surface area contributed by atoms with Gasteiger partial charge in [-0.2, -0.15) is 0 Å². The van der Waals surface area contributed by atoms with E-state index in [1.807, 2.05) is 29.6 Å². The Labute approximate surface area is 140 Å². The van der Waals surface area contributed by atoms with Gasteiger partial charge in [0.1, 0.15) is 5.76 Å². The largest absolute Gasteiger partial charge is 0.468 e. The number of rotatable bonds is 3. The van der Waals surface area contributed by atoms with Gasteiger partial charge in [0.15, 0.2) is 0 Å². The quantitative estimate of drug-likeness (QED) is 0.865. The molecule has 2 aliphatic heterocycles. The van der Waals surface area contributed by atoms with Crippen LogP contribution in [0.5, 0.6) is 0 Å². The van der Waals surface area contributed by atoms with E-state index in [4.69, 9.17) is 4.42 Å². The molecule has 2 aromatic heterocycles. The molecule has 1 amide bonds. The molecular weight excluding hydrogens is 308 g/mol. The summed E-state index contributed by atoms with van der Waals surface area (Å²) in [5.74, 6) is 1.24. The van der Waals surface area contributed by atoms with Crippen LogP contribution in [0.1, 0.15) is 34.7 Å². The van der Waals surface area contributed by atoms with Gasteiger partial charge in [0.05, 0.1) is 17.7 Å². The summed E-state index contributed by atoms with van der Waals surface area (Å²) in [4.78, 5) is 18.1. The molecule has 0 radical (unpaired) electrons. The fourth-order valence-electron chi connectivity index (χ4n) is 4.06. The highest BCUT2D eigenvalue weighted by Crippen LogP contribution is 2.40. The van der Waals surface area contributed by atoms with Crippen LogP contribution in [-0.4, -0.2) is 41.9 Å². The van der Waals surface area contributed by atoms with Crippen LogP contribution in [0.25, 0.3) is 0 Å². The molecule has 0 saturated carbocycles. The highest BCUT2D eigenvalue weighted by Gasteiger charge is 2.42. The lowest BCUT2D eigenvalue weighted by Crippen LogP contribution is -2.47. The molecule has 2 saturated heterocycles. The zero-order valence-electron chi connectivity index (χ0n) is 13.2. The van der Waals surface area contributed by atoms with E-state index in [0.29, 0.717) is 0 Å². The van der Waals surface area contributed by atoms with Gasteiger partial charge >= 0.3 is 0 Å². The fourth-order valence-corrected chi connectivity index (χ4v) is 4.75. The van der Waals surface area contributed by atoms with Crippen molar-refractivity contribution in [3.05, 3.63) is 46.5 Å². The Balaban J connectivity index is 1.42. The second kappa shape index (κ2) is 6.13. The van der Waals surface area contributed by atoms with E-state index in [1.165, 1.54) is 12.8 Å². The van der Waals surface area contributed by atoms with Gasteiger partial charge in [-0.3, -0.25) is 9.69 Å². The van der Waals surface area contributed by atoms with E-state index in [-0.39, 0.29) is 11.3 Å². The highest BCUT2D eigenvalue weighted by atomic mass is 32.1. The summed E-state index contributed by atoms with van der Waals surface area (Å²) in [6.07, 6.45) is 5.27. The number of thiophene rings is 1. The monoisotopic (exact) mass is 330 g/mol. The smallest absolute Gasteiger partial charge is 0.263 e. The number of carbonyl (C=O) groups is 1. The molecule has 4 rings (SSSR count). The lowest BCUT2D eigenvalue weighted by molar-refractivity contribution is 0.0529. The molecule has 5 heteroatoms. The number of furan rings is 1. The van der Waals surface area contributed by atoms with E-state index in [1.54, 1.807) is 17.6 Å². The van der Waals surface area contributed by atoms with Crippen molar-refractivity contribution in [2.75, 3.05) is 26.2 Å². The number of nitrogens with zero attached hydrogens (tertiary/aromatic N) is 2. The molecule has 23 heavy (non-hydrogen) atoms. The molecule has 1 atom stereocenters. The second-order valence-electron chi connectivity index (χ2n) is 6.85. The molecule has 122 valence electrons. The molecule has 0 bridgehead atoms. The number of hydrogen-bond acceptors (Lipinski definition) is 4. The molecule has 1 spiro atoms. The Bertz CT molecular complexity index is 653. The molecule has 0 N–H and O–H groups in total. The van der Waals surface area contributed by atoms with E-state index >= 15 is 0 Å². The first-order valence-electron chi connectivity index (χ1n) is 8.32. The van der Waals surface area contributed by atoms with Crippen LogP contribution in [0.2, 0.25) is 0 Å². The number of amides is 1. The van der Waals surface area contributed by atoms with E-state index in [2.05, 4.69) is 9.80 Å². The van der Waals surface area contributed by atoms with Crippen molar-refractivity contribution in [1.82, 2.24) is 9.80 Å². The van der Waals surface area contributed by atoms with E-state index in [0.717, 1.165) is 49.8 Å². The van der Waals surface area contributed by atoms with Crippen molar-refractivity contribution in [3.63, 3.8) is 0 Å². The highest BCUT2D eigenvalue weighted by molar-refractivity contribution is 7.12. The number of likely N-dealkylation sites (tertiary alicyclic amines) is 2. The summed E-state index contributed by atoms with van der Waals surface area (Å²) in [6, 6.07) is 7.88. The van der Waals surface area contributed by atoms with Gasteiger partial charge in [0.2, 0.25) is 0 Å². The minimum absolute atomic E-state index is 0.212. The Hall–Kier alpha value is -1.59. The van der Waals surface area contributed by atoms with Gasteiger partial charge in [-0.1, -0.05) is 6.07 Å². The van der Waals surface area contributed by atoms with Gasteiger partial charge in [0.25, 0.3) is 5.91 Å². The van der Waals surface area contributed by atoms with Gasteiger partial charge < -0.3 is 9.32 Å². The van der Waals surface area contributed by atoms with Crippen molar-refractivity contribution in [2.45, 2.75) is 25.8 Å². The minimum Gasteiger partial charge on any atom is -0.468 e. The summed E-state index contributed by atoms with van der Waals surface area (Å²) < 4.78 is 5.47. The summed E-state index contributed by atoms with van der Waals surface area (Å²) >= 11 is 1.54. The number of hydrogen-bond donors (Lipinski definition) is 0. The first-order valence-corrected chi connectivity index (χ1v) is 9.20. The molecule has 2 aliphatic rings. The normalized spacial score (nSPS) is 25.3. The first-order chi connectivity index (χ1) is 11.2. The Morgan fingerprint density at radius 2 is 2.17 bits per heavy atom. The summed E-state index contributed by atoms with van der Waals surface area (Å²) in [5.41, 5.74) is 0.276. The predicted octanol–water partition coefficient (Wildman–Crippen LogP) is 3.47. The first kappa shape index (κ1) is 15.0.